The monoisotopic (exact) mass is 208 g/mol. The Hall–Kier alpha value is 0.170. The quantitative estimate of drug-likeness (QED) is 0.514. The van der Waals surface area contributed by atoms with Gasteiger partial charge in [0.1, 0.15) is 0 Å². The maximum atomic E-state index is 10.9. The molecular weight excluding hydrogens is 192 g/mol. The van der Waals surface area contributed by atoms with Crippen molar-refractivity contribution < 1.29 is 9.53 Å². The van der Waals surface area contributed by atoms with Crippen molar-refractivity contribution in [3.05, 3.63) is 0 Å². The molecule has 72 valence electrons. The molecule has 0 aromatic heterocycles. The lowest BCUT2D eigenvalue weighted by Crippen LogP contribution is -2.16. The van der Waals surface area contributed by atoms with E-state index in [-0.39, 0.29) is 11.9 Å². The molecule has 0 aromatic rings. The van der Waals surface area contributed by atoms with E-state index in [1.807, 2.05) is 6.92 Å². The fraction of sp³-hybridized carbons (Fsp3) is 0.875. The first-order valence-electron chi connectivity index (χ1n) is 4.11. The summed E-state index contributed by atoms with van der Waals surface area (Å²) in [5.74, 6) is 1.58. The smallest absolute Gasteiger partial charge is 0.305 e. The van der Waals surface area contributed by atoms with Crippen LogP contribution in [-0.4, -0.2) is 24.1 Å². The summed E-state index contributed by atoms with van der Waals surface area (Å²) in [6.45, 7) is 2.40. The number of esters is 1. The summed E-state index contributed by atoms with van der Waals surface area (Å²) in [6, 6.07) is 0. The molecule has 0 atom stereocenters. The van der Waals surface area contributed by atoms with Crippen LogP contribution in [0.3, 0.4) is 0 Å². The molecular formula is C8H16O2S2. The van der Waals surface area contributed by atoms with Crippen molar-refractivity contribution in [2.45, 2.75) is 19.8 Å². The lowest BCUT2D eigenvalue weighted by molar-refractivity contribution is -0.144. The molecule has 0 bridgehead atoms. The zero-order valence-corrected chi connectivity index (χ0v) is 9.11. The summed E-state index contributed by atoms with van der Waals surface area (Å²) in [5.41, 5.74) is 0. The molecule has 0 saturated heterocycles. The number of hydrogen-bond donors (Lipinski definition) is 2. The zero-order chi connectivity index (χ0) is 9.40. The van der Waals surface area contributed by atoms with Crippen molar-refractivity contribution in [3.63, 3.8) is 0 Å². The lowest BCUT2D eigenvalue weighted by Gasteiger charge is -2.11. The first kappa shape index (κ1) is 12.2. The number of ether oxygens (including phenoxy) is 1. The SMILES string of the molecule is CCCC(=O)OCC(CS)CS. The van der Waals surface area contributed by atoms with E-state index in [1.165, 1.54) is 0 Å². The van der Waals surface area contributed by atoms with E-state index in [1.54, 1.807) is 0 Å². The molecule has 0 heterocycles. The van der Waals surface area contributed by atoms with Crippen LogP contribution in [0, 0.1) is 5.92 Å². The molecule has 2 nitrogen and oxygen atoms in total. The Kier molecular flexibility index (Phi) is 7.91. The maximum absolute atomic E-state index is 10.9. The molecule has 0 N–H and O–H groups in total. The average Bonchev–Trinajstić information content (AvgIpc) is 2.07. The number of thiol groups is 2. The van der Waals surface area contributed by atoms with Crippen LogP contribution in [0.2, 0.25) is 0 Å². The zero-order valence-electron chi connectivity index (χ0n) is 7.32. The highest BCUT2D eigenvalue weighted by Crippen LogP contribution is 2.03. The minimum absolute atomic E-state index is 0.119. The molecule has 12 heavy (non-hydrogen) atoms. The molecule has 0 rings (SSSR count). The highest BCUT2D eigenvalue weighted by atomic mass is 32.1. The molecule has 0 saturated carbocycles. The number of carbonyl (C=O) groups excluding carboxylic acids is 1. The van der Waals surface area contributed by atoms with Gasteiger partial charge in [0.2, 0.25) is 0 Å². The van der Waals surface area contributed by atoms with E-state index in [4.69, 9.17) is 4.74 Å². The van der Waals surface area contributed by atoms with Gasteiger partial charge in [-0.15, -0.1) is 0 Å². The van der Waals surface area contributed by atoms with Crippen LogP contribution in [0.15, 0.2) is 0 Å². The second-order valence-corrected chi connectivity index (χ2v) is 3.39. The third kappa shape index (κ3) is 5.77. The van der Waals surface area contributed by atoms with E-state index < -0.39 is 0 Å². The number of hydrogen-bond acceptors (Lipinski definition) is 4. The number of carbonyl (C=O) groups is 1. The Balaban J connectivity index is 3.44. The van der Waals surface area contributed by atoms with Gasteiger partial charge < -0.3 is 4.74 Å². The first-order valence-corrected chi connectivity index (χ1v) is 5.38. The third-order valence-corrected chi connectivity index (χ3v) is 2.48. The van der Waals surface area contributed by atoms with E-state index in [0.29, 0.717) is 24.5 Å². The average molecular weight is 208 g/mol. The topological polar surface area (TPSA) is 26.3 Å². The molecule has 0 radical (unpaired) electrons. The summed E-state index contributed by atoms with van der Waals surface area (Å²) < 4.78 is 4.99. The molecule has 0 aliphatic carbocycles. The molecule has 0 fully saturated rings. The van der Waals surface area contributed by atoms with Gasteiger partial charge in [-0.05, 0) is 17.9 Å². The van der Waals surface area contributed by atoms with Gasteiger partial charge in [0, 0.05) is 12.3 Å². The third-order valence-electron chi connectivity index (χ3n) is 1.45. The highest BCUT2D eigenvalue weighted by molar-refractivity contribution is 7.81. The summed E-state index contributed by atoms with van der Waals surface area (Å²) >= 11 is 8.22. The summed E-state index contributed by atoms with van der Waals surface area (Å²) in [4.78, 5) is 10.9. The minimum Gasteiger partial charge on any atom is -0.465 e. The van der Waals surface area contributed by atoms with Gasteiger partial charge in [0.15, 0.2) is 0 Å². The molecule has 0 aliphatic rings. The van der Waals surface area contributed by atoms with Crippen molar-refractivity contribution in [2.75, 3.05) is 18.1 Å². The van der Waals surface area contributed by atoms with Crippen LogP contribution >= 0.6 is 25.3 Å². The summed E-state index contributed by atoms with van der Waals surface area (Å²) in [5, 5.41) is 0. The molecule has 0 aliphatic heterocycles. The highest BCUT2D eigenvalue weighted by Gasteiger charge is 2.07. The van der Waals surface area contributed by atoms with E-state index >= 15 is 0 Å². The van der Waals surface area contributed by atoms with Crippen molar-refractivity contribution in [1.29, 1.82) is 0 Å². The molecule has 4 heteroatoms. The molecule has 0 amide bonds. The summed E-state index contributed by atoms with van der Waals surface area (Å²) in [7, 11) is 0. The second-order valence-electron chi connectivity index (χ2n) is 2.66. The van der Waals surface area contributed by atoms with E-state index in [0.717, 1.165) is 6.42 Å². The van der Waals surface area contributed by atoms with Crippen LogP contribution in [0.25, 0.3) is 0 Å². The van der Waals surface area contributed by atoms with Crippen LogP contribution in [-0.2, 0) is 9.53 Å². The van der Waals surface area contributed by atoms with Crippen molar-refractivity contribution in [3.8, 4) is 0 Å². The van der Waals surface area contributed by atoms with E-state index in [9.17, 15) is 4.79 Å². The van der Waals surface area contributed by atoms with E-state index in [2.05, 4.69) is 25.3 Å². The Morgan fingerprint density at radius 1 is 1.42 bits per heavy atom. The van der Waals surface area contributed by atoms with Crippen LogP contribution in [0.1, 0.15) is 19.8 Å². The fourth-order valence-electron chi connectivity index (χ4n) is 0.650. The largest absolute Gasteiger partial charge is 0.465 e. The van der Waals surface area contributed by atoms with Crippen LogP contribution in [0.5, 0.6) is 0 Å². The van der Waals surface area contributed by atoms with Gasteiger partial charge in [-0.2, -0.15) is 25.3 Å². The van der Waals surface area contributed by atoms with Gasteiger partial charge >= 0.3 is 5.97 Å². The van der Waals surface area contributed by atoms with Crippen molar-refractivity contribution >= 4 is 31.2 Å². The predicted molar refractivity (Wildman–Crippen MR) is 57.1 cm³/mol. The van der Waals surface area contributed by atoms with Gasteiger partial charge in [-0.25, -0.2) is 0 Å². The number of rotatable bonds is 6. The van der Waals surface area contributed by atoms with Crippen molar-refractivity contribution in [2.24, 2.45) is 5.92 Å². The fourth-order valence-corrected chi connectivity index (χ4v) is 1.32. The van der Waals surface area contributed by atoms with Gasteiger partial charge in [-0.1, -0.05) is 6.92 Å². The standard InChI is InChI=1S/C8H16O2S2/c1-2-3-8(9)10-4-7(5-11)6-12/h7,11-12H,2-6H2,1H3. The Labute approximate surface area is 84.9 Å². The second kappa shape index (κ2) is 7.80. The van der Waals surface area contributed by atoms with Crippen molar-refractivity contribution in [1.82, 2.24) is 0 Å². The maximum Gasteiger partial charge on any atom is 0.305 e. The molecule has 0 aromatic carbocycles. The lowest BCUT2D eigenvalue weighted by atomic mass is 10.2. The van der Waals surface area contributed by atoms with Gasteiger partial charge in [-0.3, -0.25) is 4.79 Å². The predicted octanol–water partition coefficient (Wildman–Crippen LogP) is 1.81. The first-order chi connectivity index (χ1) is 5.74. The Morgan fingerprint density at radius 3 is 2.42 bits per heavy atom. The molecule has 0 spiro atoms. The van der Waals surface area contributed by atoms with Gasteiger partial charge in [0.25, 0.3) is 0 Å². The Bertz CT molecular complexity index is 124. The van der Waals surface area contributed by atoms with Crippen LogP contribution in [0.4, 0.5) is 0 Å². The Morgan fingerprint density at radius 2 is 2.00 bits per heavy atom. The van der Waals surface area contributed by atoms with Gasteiger partial charge in [0.05, 0.1) is 6.61 Å². The van der Waals surface area contributed by atoms with Crippen LogP contribution < -0.4 is 0 Å². The normalized spacial score (nSPS) is 10.3. The summed E-state index contributed by atoms with van der Waals surface area (Å²) in [6.07, 6.45) is 1.34. The molecule has 0 unspecified atom stereocenters. The minimum atomic E-state index is -0.119.